The van der Waals surface area contributed by atoms with Gasteiger partial charge in [-0.1, -0.05) is 0 Å². The van der Waals surface area contributed by atoms with Gasteiger partial charge in [0.25, 0.3) is 0 Å². The summed E-state index contributed by atoms with van der Waals surface area (Å²) in [5.74, 6) is 7.13. The van der Waals surface area contributed by atoms with E-state index in [9.17, 15) is 4.79 Å². The lowest BCUT2D eigenvalue weighted by molar-refractivity contribution is -0.122. The van der Waals surface area contributed by atoms with Gasteiger partial charge in [-0.05, 0) is 60.7 Å². The lowest BCUT2D eigenvalue weighted by Gasteiger charge is -2.42. The van der Waals surface area contributed by atoms with Crippen molar-refractivity contribution in [2.75, 3.05) is 0 Å². The van der Waals surface area contributed by atoms with Crippen LogP contribution in [0.5, 0.6) is 0 Å². The van der Waals surface area contributed by atoms with Crippen LogP contribution in [-0.2, 0) is 4.79 Å². The first kappa shape index (κ1) is 7.70. The molecule has 8 atom stereocenters. The van der Waals surface area contributed by atoms with Gasteiger partial charge in [0.15, 0.2) is 0 Å². The van der Waals surface area contributed by atoms with Crippen LogP contribution in [0.25, 0.3) is 0 Å². The van der Waals surface area contributed by atoms with Gasteiger partial charge in [0.2, 0.25) is 5.91 Å². The van der Waals surface area contributed by atoms with Crippen molar-refractivity contribution in [1.29, 1.82) is 0 Å². The topological polar surface area (TPSA) is 29.1 Å². The first-order chi connectivity index (χ1) is 7.22. The summed E-state index contributed by atoms with van der Waals surface area (Å²) >= 11 is 0. The van der Waals surface area contributed by atoms with Crippen molar-refractivity contribution in [1.82, 2.24) is 5.32 Å². The molecule has 2 heteroatoms. The fourth-order valence-electron chi connectivity index (χ4n) is 7.16. The van der Waals surface area contributed by atoms with E-state index < -0.39 is 0 Å². The molecule has 6 aliphatic carbocycles. The molecule has 0 aromatic heterocycles. The van der Waals surface area contributed by atoms with Crippen LogP contribution in [-0.4, -0.2) is 11.4 Å². The number of nitrogens with one attached hydrogen (secondary N) is 1. The van der Waals surface area contributed by atoms with E-state index in [0.717, 1.165) is 41.4 Å². The molecule has 6 bridgehead atoms. The van der Waals surface area contributed by atoms with Crippen LogP contribution in [0.1, 0.15) is 26.2 Å². The third kappa shape index (κ3) is 0.537. The second kappa shape index (κ2) is 1.87. The molecule has 2 nitrogen and oxygen atoms in total. The van der Waals surface area contributed by atoms with Crippen LogP contribution in [0.2, 0.25) is 0 Å². The molecule has 0 radical (unpaired) electrons. The minimum Gasteiger partial charge on any atom is -0.350 e. The number of carbonyl (C=O) groups excluding carboxylic acids is 1. The van der Waals surface area contributed by atoms with Crippen LogP contribution < -0.4 is 5.32 Å². The highest BCUT2D eigenvalue weighted by molar-refractivity contribution is 5.74. The Bertz CT molecular complexity index is 390. The normalized spacial score (nSPS) is 70.1. The number of carbonyl (C=O) groups is 1. The molecule has 1 amide bonds. The van der Waals surface area contributed by atoms with Crippen LogP contribution in [0.3, 0.4) is 0 Å². The molecule has 0 aromatic rings. The Morgan fingerprint density at radius 2 is 2.00 bits per heavy atom. The average molecular weight is 203 g/mol. The Kier molecular flexibility index (Phi) is 0.959. The maximum Gasteiger partial charge on any atom is 0.217 e. The molecule has 1 N–H and O–H groups in total. The van der Waals surface area contributed by atoms with Gasteiger partial charge in [-0.3, -0.25) is 4.79 Å². The summed E-state index contributed by atoms with van der Waals surface area (Å²) in [5.41, 5.74) is 0.295. The van der Waals surface area contributed by atoms with Gasteiger partial charge in [-0.2, -0.15) is 0 Å². The molecule has 0 aliphatic heterocycles. The molecule has 6 rings (SSSR count). The summed E-state index contributed by atoms with van der Waals surface area (Å²) < 4.78 is 0. The van der Waals surface area contributed by atoms with E-state index in [1.165, 1.54) is 19.3 Å². The van der Waals surface area contributed by atoms with Gasteiger partial charge >= 0.3 is 0 Å². The summed E-state index contributed by atoms with van der Waals surface area (Å²) in [7, 11) is 0. The SMILES string of the molecule is CC(=O)NC12CC3C4CC5C(CC1C35)C42. The fraction of sp³-hybridized carbons (Fsp3) is 0.923. The first-order valence-corrected chi connectivity index (χ1v) is 6.51. The molecule has 0 heterocycles. The van der Waals surface area contributed by atoms with Gasteiger partial charge < -0.3 is 5.32 Å². The van der Waals surface area contributed by atoms with Crippen molar-refractivity contribution in [3.63, 3.8) is 0 Å². The summed E-state index contributed by atoms with van der Waals surface area (Å²) in [6.07, 6.45) is 4.31. The van der Waals surface area contributed by atoms with Crippen molar-refractivity contribution >= 4 is 5.91 Å². The zero-order valence-electron chi connectivity index (χ0n) is 9.07. The quantitative estimate of drug-likeness (QED) is 0.686. The molecule has 80 valence electrons. The molecular weight excluding hydrogens is 186 g/mol. The number of hydrogen-bond donors (Lipinski definition) is 1. The van der Waals surface area contributed by atoms with Gasteiger partial charge in [0, 0.05) is 12.5 Å². The summed E-state index contributed by atoms with van der Waals surface area (Å²) in [6, 6.07) is 0. The molecule has 0 saturated heterocycles. The maximum atomic E-state index is 11.4. The predicted molar refractivity (Wildman–Crippen MR) is 54.8 cm³/mol. The molecule has 0 aromatic carbocycles. The van der Waals surface area contributed by atoms with E-state index in [-0.39, 0.29) is 5.91 Å². The van der Waals surface area contributed by atoms with Gasteiger partial charge in [-0.15, -0.1) is 0 Å². The molecule has 6 fully saturated rings. The zero-order valence-corrected chi connectivity index (χ0v) is 9.07. The highest BCUT2D eigenvalue weighted by Crippen LogP contribution is 2.83. The Hall–Kier alpha value is -0.530. The predicted octanol–water partition coefficient (Wildman–Crippen LogP) is 1.41. The molecule has 8 unspecified atom stereocenters. The van der Waals surface area contributed by atoms with Crippen LogP contribution >= 0.6 is 0 Å². The largest absolute Gasteiger partial charge is 0.350 e. The fourth-order valence-corrected chi connectivity index (χ4v) is 7.16. The Morgan fingerprint density at radius 3 is 2.80 bits per heavy atom. The zero-order chi connectivity index (χ0) is 9.95. The summed E-state index contributed by atoms with van der Waals surface area (Å²) in [4.78, 5) is 11.4. The monoisotopic (exact) mass is 203 g/mol. The summed E-state index contributed by atoms with van der Waals surface area (Å²) in [6.45, 7) is 1.70. The minimum atomic E-state index is 0.214. The maximum absolute atomic E-state index is 11.4. The van der Waals surface area contributed by atoms with E-state index in [4.69, 9.17) is 0 Å². The van der Waals surface area contributed by atoms with Crippen molar-refractivity contribution in [3.05, 3.63) is 0 Å². The van der Waals surface area contributed by atoms with Crippen molar-refractivity contribution in [3.8, 4) is 0 Å². The third-order valence-electron chi connectivity index (χ3n) is 6.78. The lowest BCUT2D eigenvalue weighted by atomic mass is 9.67. The molecule has 6 saturated carbocycles. The van der Waals surface area contributed by atoms with E-state index in [2.05, 4.69) is 5.32 Å². The Labute approximate surface area is 89.8 Å². The van der Waals surface area contributed by atoms with Gasteiger partial charge in [-0.25, -0.2) is 0 Å². The minimum absolute atomic E-state index is 0.214. The molecular formula is C13H17NO. The van der Waals surface area contributed by atoms with Crippen LogP contribution in [0.4, 0.5) is 0 Å². The second-order valence-electron chi connectivity index (χ2n) is 6.76. The number of rotatable bonds is 1. The van der Waals surface area contributed by atoms with Crippen molar-refractivity contribution < 1.29 is 4.79 Å². The first-order valence-electron chi connectivity index (χ1n) is 6.51. The number of hydrogen-bond acceptors (Lipinski definition) is 1. The van der Waals surface area contributed by atoms with Crippen molar-refractivity contribution in [2.45, 2.75) is 31.7 Å². The molecule has 0 spiro atoms. The molecule has 15 heavy (non-hydrogen) atoms. The van der Waals surface area contributed by atoms with E-state index >= 15 is 0 Å². The molecule has 6 aliphatic rings. The highest BCUT2D eigenvalue weighted by atomic mass is 16.1. The summed E-state index contributed by atoms with van der Waals surface area (Å²) in [5, 5.41) is 3.39. The van der Waals surface area contributed by atoms with E-state index in [0.29, 0.717) is 5.54 Å². The van der Waals surface area contributed by atoms with Gasteiger partial charge in [0.1, 0.15) is 0 Å². The van der Waals surface area contributed by atoms with E-state index in [1.54, 1.807) is 6.92 Å². The van der Waals surface area contributed by atoms with Gasteiger partial charge in [0.05, 0.1) is 0 Å². The average Bonchev–Trinajstić information content (AvgIpc) is 2.70. The second-order valence-corrected chi connectivity index (χ2v) is 6.76. The Morgan fingerprint density at radius 1 is 1.20 bits per heavy atom. The highest BCUT2D eigenvalue weighted by Gasteiger charge is 2.83. The van der Waals surface area contributed by atoms with Crippen LogP contribution in [0.15, 0.2) is 0 Å². The van der Waals surface area contributed by atoms with E-state index in [1.807, 2.05) is 0 Å². The standard InChI is InChI=1S/C13H17NO/c1-5(15)14-13-4-9-7-2-6-8(12(7)13)3-10(13)11(6)9/h6-12H,2-4H2,1H3,(H,14,15). The smallest absolute Gasteiger partial charge is 0.217 e. The lowest BCUT2D eigenvalue weighted by Crippen LogP contribution is -2.55. The van der Waals surface area contributed by atoms with Crippen LogP contribution in [0, 0.1) is 41.4 Å². The number of amides is 1. The third-order valence-corrected chi connectivity index (χ3v) is 6.78. The Balaban J connectivity index is 1.70. The van der Waals surface area contributed by atoms with Crippen molar-refractivity contribution in [2.24, 2.45) is 41.4 Å².